The number of hydrogen-bond donors (Lipinski definition) is 0. The van der Waals surface area contributed by atoms with E-state index in [1.807, 2.05) is 0 Å². The summed E-state index contributed by atoms with van der Waals surface area (Å²) in [7, 11) is 1.78. The second-order valence-corrected chi connectivity index (χ2v) is 8.68. The van der Waals surface area contributed by atoms with E-state index in [9.17, 15) is 4.79 Å². The summed E-state index contributed by atoms with van der Waals surface area (Å²) in [5.41, 5.74) is 1.84. The van der Waals surface area contributed by atoms with Gasteiger partial charge in [0.2, 0.25) is 0 Å². The molecule has 144 valence electrons. The Bertz CT molecular complexity index is 846. The second-order valence-electron chi connectivity index (χ2n) is 7.88. The Morgan fingerprint density at radius 2 is 2.00 bits per heavy atom. The number of amides is 1. The van der Waals surface area contributed by atoms with Crippen molar-refractivity contribution in [1.29, 1.82) is 0 Å². The molecular formula is C20H26N4O2S. The molecule has 4 aliphatic rings. The van der Waals surface area contributed by atoms with Gasteiger partial charge in [-0.05, 0) is 49.0 Å². The van der Waals surface area contributed by atoms with E-state index in [1.165, 1.54) is 17.2 Å². The van der Waals surface area contributed by atoms with Crippen LogP contribution in [0.15, 0.2) is 18.2 Å². The van der Waals surface area contributed by atoms with Crippen LogP contribution in [-0.2, 0) is 4.74 Å². The molecule has 5 heterocycles. The number of nitrogens with zero attached hydrogens (tertiary/aromatic N) is 4. The molecule has 1 aromatic heterocycles. The number of carbonyl (C=O) groups is 1. The summed E-state index contributed by atoms with van der Waals surface area (Å²) in [6, 6.07) is 6.77. The molecule has 0 aliphatic carbocycles. The van der Waals surface area contributed by atoms with E-state index >= 15 is 0 Å². The van der Waals surface area contributed by atoms with Gasteiger partial charge in [-0.15, -0.1) is 0 Å². The fourth-order valence-electron chi connectivity index (χ4n) is 4.72. The number of hydrogen-bond acceptors (Lipinski definition) is 6. The summed E-state index contributed by atoms with van der Waals surface area (Å²) in [6.07, 6.45) is 3.56. The zero-order valence-electron chi connectivity index (χ0n) is 15.8. The first-order chi connectivity index (χ1) is 13.2. The third-order valence-electron chi connectivity index (χ3n) is 6.42. The molecule has 6 rings (SSSR count). The highest BCUT2D eigenvalue weighted by Crippen LogP contribution is 2.31. The molecule has 4 fully saturated rings. The number of benzene rings is 1. The van der Waals surface area contributed by atoms with Crippen LogP contribution in [-0.4, -0.2) is 78.6 Å². The van der Waals surface area contributed by atoms with Gasteiger partial charge in [-0.1, -0.05) is 0 Å². The number of rotatable bonds is 3. The van der Waals surface area contributed by atoms with Crippen LogP contribution in [0.5, 0.6) is 0 Å². The van der Waals surface area contributed by atoms with E-state index in [0.717, 1.165) is 68.6 Å². The minimum Gasteiger partial charge on any atom is -0.380 e. The summed E-state index contributed by atoms with van der Waals surface area (Å²) in [5, 5.41) is 0.996. The Balaban J connectivity index is 1.40. The maximum Gasteiger partial charge on any atom is 0.274 e. The highest BCUT2D eigenvalue weighted by molar-refractivity contribution is 7.13. The van der Waals surface area contributed by atoms with Gasteiger partial charge in [-0.3, -0.25) is 4.79 Å². The van der Waals surface area contributed by atoms with Crippen LogP contribution in [0.1, 0.15) is 29.8 Å². The number of carbonyl (C=O) groups excluding carboxylic acids is 1. The van der Waals surface area contributed by atoms with Gasteiger partial charge in [0.1, 0.15) is 5.69 Å². The second kappa shape index (κ2) is 7.04. The van der Waals surface area contributed by atoms with E-state index in [2.05, 4.69) is 37.3 Å². The van der Waals surface area contributed by atoms with Crippen LogP contribution in [0.2, 0.25) is 0 Å². The van der Waals surface area contributed by atoms with Crippen molar-refractivity contribution >= 4 is 33.2 Å². The van der Waals surface area contributed by atoms with Crippen molar-refractivity contribution in [2.75, 3.05) is 51.3 Å². The summed E-state index contributed by atoms with van der Waals surface area (Å²) in [6.45, 7) is 6.00. The van der Waals surface area contributed by atoms with Gasteiger partial charge in [0.15, 0.2) is 0 Å². The molecule has 0 N–H and O–H groups in total. The first-order valence-corrected chi connectivity index (χ1v) is 10.7. The Morgan fingerprint density at radius 1 is 1.15 bits per heavy atom. The molecule has 2 bridgehead atoms. The quantitative estimate of drug-likeness (QED) is 0.811. The van der Waals surface area contributed by atoms with Gasteiger partial charge in [-0.25, -0.2) is 0 Å². The molecule has 0 radical (unpaired) electrons. The Kier molecular flexibility index (Phi) is 4.53. The van der Waals surface area contributed by atoms with E-state index in [1.54, 1.807) is 7.11 Å². The van der Waals surface area contributed by atoms with E-state index in [0.29, 0.717) is 17.8 Å². The first kappa shape index (κ1) is 17.4. The molecule has 4 saturated heterocycles. The Morgan fingerprint density at radius 3 is 2.78 bits per heavy atom. The zero-order chi connectivity index (χ0) is 18.4. The van der Waals surface area contributed by atoms with E-state index in [-0.39, 0.29) is 5.91 Å². The minimum absolute atomic E-state index is 0.114. The number of piperidine rings is 1. The Labute approximate surface area is 163 Å². The van der Waals surface area contributed by atoms with Crippen LogP contribution in [0.4, 0.5) is 5.69 Å². The van der Waals surface area contributed by atoms with Crippen molar-refractivity contribution < 1.29 is 9.53 Å². The molecule has 1 atom stereocenters. The van der Waals surface area contributed by atoms with Gasteiger partial charge in [0.25, 0.3) is 5.91 Å². The lowest BCUT2D eigenvalue weighted by molar-refractivity contribution is 0.0682. The van der Waals surface area contributed by atoms with Crippen LogP contribution in [0.25, 0.3) is 10.1 Å². The monoisotopic (exact) mass is 386 g/mol. The fraction of sp³-hybridized carbons (Fsp3) is 0.600. The van der Waals surface area contributed by atoms with Gasteiger partial charge in [0, 0.05) is 63.5 Å². The molecular weight excluding hydrogens is 360 g/mol. The third kappa shape index (κ3) is 3.11. The molecule has 7 heteroatoms. The maximum atomic E-state index is 13.3. The van der Waals surface area contributed by atoms with Crippen molar-refractivity contribution in [3.05, 3.63) is 23.9 Å². The van der Waals surface area contributed by atoms with Gasteiger partial charge in [0.05, 0.1) is 10.8 Å². The summed E-state index contributed by atoms with van der Waals surface area (Å²) in [4.78, 5) is 20.2. The largest absolute Gasteiger partial charge is 0.380 e. The van der Waals surface area contributed by atoms with Crippen molar-refractivity contribution in [3.8, 4) is 0 Å². The highest BCUT2D eigenvalue weighted by Gasteiger charge is 2.34. The Hall–Kier alpha value is -1.70. The average Bonchev–Trinajstić information content (AvgIpc) is 3.25. The lowest BCUT2D eigenvalue weighted by Gasteiger charge is -2.31. The number of anilines is 1. The SMILES string of the molecule is CO[C@H]1CCN(c2ccc3c(C(=O)N4CCN5CCC4CC5)nsc3c2)C1. The standard InChI is InChI=1S/C20H26N4O2S/c1-26-16-6-9-23(13-16)15-2-3-17-18(12-15)27-21-19(17)20(25)24-11-10-22-7-4-14(24)5-8-22/h2-3,12,14,16H,4-11,13H2,1H3/t16-/m0/s1. The lowest BCUT2D eigenvalue weighted by atomic mass is 10.0. The molecule has 1 amide bonds. The van der Waals surface area contributed by atoms with E-state index < -0.39 is 0 Å². The summed E-state index contributed by atoms with van der Waals surface area (Å²) in [5.74, 6) is 0.114. The van der Waals surface area contributed by atoms with Crippen LogP contribution >= 0.6 is 11.5 Å². The number of aromatic nitrogens is 1. The number of methoxy groups -OCH3 is 1. The van der Waals surface area contributed by atoms with Crippen LogP contribution in [0, 0.1) is 0 Å². The van der Waals surface area contributed by atoms with Crippen molar-refractivity contribution in [2.45, 2.75) is 31.4 Å². The van der Waals surface area contributed by atoms with Crippen molar-refractivity contribution in [3.63, 3.8) is 0 Å². The predicted molar refractivity (Wildman–Crippen MR) is 108 cm³/mol. The fourth-order valence-corrected chi connectivity index (χ4v) is 5.52. The van der Waals surface area contributed by atoms with Crippen molar-refractivity contribution in [2.24, 2.45) is 0 Å². The minimum atomic E-state index is 0.114. The van der Waals surface area contributed by atoms with Gasteiger partial charge >= 0.3 is 0 Å². The first-order valence-electron chi connectivity index (χ1n) is 9.93. The molecule has 27 heavy (non-hydrogen) atoms. The molecule has 1 aromatic carbocycles. The summed E-state index contributed by atoms with van der Waals surface area (Å²) >= 11 is 1.44. The number of fused-ring (bicyclic) bond motifs is 5. The maximum absolute atomic E-state index is 13.3. The van der Waals surface area contributed by atoms with Crippen LogP contribution < -0.4 is 4.90 Å². The van der Waals surface area contributed by atoms with E-state index in [4.69, 9.17) is 4.74 Å². The average molecular weight is 387 g/mol. The molecule has 4 aliphatic heterocycles. The molecule has 0 spiro atoms. The third-order valence-corrected chi connectivity index (χ3v) is 7.23. The zero-order valence-corrected chi connectivity index (χ0v) is 16.6. The van der Waals surface area contributed by atoms with Gasteiger partial charge in [-0.2, -0.15) is 4.37 Å². The topological polar surface area (TPSA) is 48.9 Å². The smallest absolute Gasteiger partial charge is 0.274 e. The molecule has 2 aromatic rings. The van der Waals surface area contributed by atoms with Crippen molar-refractivity contribution in [1.82, 2.24) is 14.2 Å². The lowest BCUT2D eigenvalue weighted by Crippen LogP contribution is -2.41. The molecule has 0 saturated carbocycles. The predicted octanol–water partition coefficient (Wildman–Crippen LogP) is 2.44. The molecule has 6 nitrogen and oxygen atoms in total. The number of ether oxygens (including phenoxy) is 1. The summed E-state index contributed by atoms with van der Waals surface area (Å²) < 4.78 is 11.2. The van der Waals surface area contributed by atoms with Gasteiger partial charge < -0.3 is 19.4 Å². The highest BCUT2D eigenvalue weighted by atomic mass is 32.1. The molecule has 0 unspecified atom stereocenters. The normalized spacial score (nSPS) is 28.1. The van der Waals surface area contributed by atoms with Crippen LogP contribution in [0.3, 0.4) is 0 Å².